The summed E-state index contributed by atoms with van der Waals surface area (Å²) in [4.78, 5) is 4.25. The molecule has 1 rings (SSSR count). The average Bonchev–Trinajstić information content (AvgIpc) is 2.71. The summed E-state index contributed by atoms with van der Waals surface area (Å²) in [6.45, 7) is 7.15. The van der Waals surface area contributed by atoms with E-state index < -0.39 is 0 Å². The van der Waals surface area contributed by atoms with Crippen molar-refractivity contribution in [3.05, 3.63) is 12.2 Å². The molecule has 0 aromatic carbocycles. The van der Waals surface area contributed by atoms with Crippen LogP contribution in [0.25, 0.3) is 0 Å². The first-order chi connectivity index (χ1) is 7.65. The van der Waals surface area contributed by atoms with Crippen LogP contribution in [0.15, 0.2) is 6.33 Å². The zero-order valence-corrected chi connectivity index (χ0v) is 11.0. The SMILES string of the molecule is CC(CCCCl)NCc1ncnn1C(C)C. The maximum absolute atomic E-state index is 5.66. The molecule has 0 radical (unpaired) electrons. The normalized spacial score (nSPS) is 13.3. The highest BCUT2D eigenvalue weighted by Gasteiger charge is 2.08. The monoisotopic (exact) mass is 244 g/mol. The Morgan fingerprint density at radius 2 is 2.19 bits per heavy atom. The van der Waals surface area contributed by atoms with Crippen molar-refractivity contribution < 1.29 is 0 Å². The Balaban J connectivity index is 2.39. The number of nitrogens with zero attached hydrogens (tertiary/aromatic N) is 3. The highest BCUT2D eigenvalue weighted by molar-refractivity contribution is 6.17. The van der Waals surface area contributed by atoms with Crippen LogP contribution in [0.2, 0.25) is 0 Å². The molecule has 4 nitrogen and oxygen atoms in total. The van der Waals surface area contributed by atoms with Crippen LogP contribution in [-0.2, 0) is 6.54 Å². The van der Waals surface area contributed by atoms with Crippen LogP contribution in [0.4, 0.5) is 0 Å². The van der Waals surface area contributed by atoms with Gasteiger partial charge in [-0.2, -0.15) is 5.10 Å². The molecule has 0 spiro atoms. The maximum Gasteiger partial charge on any atom is 0.141 e. The first-order valence-corrected chi connectivity index (χ1v) is 6.36. The third kappa shape index (κ3) is 4.10. The lowest BCUT2D eigenvalue weighted by Crippen LogP contribution is -2.27. The standard InChI is InChI=1S/C11H21ClN4/c1-9(2)16-11(14-8-15-16)7-13-10(3)5-4-6-12/h8-10,13H,4-7H2,1-3H3. The Hall–Kier alpha value is -0.610. The van der Waals surface area contributed by atoms with Crippen molar-refractivity contribution in [1.82, 2.24) is 20.1 Å². The van der Waals surface area contributed by atoms with E-state index in [-0.39, 0.29) is 0 Å². The molecular formula is C11H21ClN4. The van der Waals surface area contributed by atoms with Crippen molar-refractivity contribution >= 4 is 11.6 Å². The van der Waals surface area contributed by atoms with Gasteiger partial charge in [0.2, 0.25) is 0 Å². The van der Waals surface area contributed by atoms with E-state index in [1.807, 2.05) is 4.68 Å². The van der Waals surface area contributed by atoms with Crippen LogP contribution in [0, 0.1) is 0 Å². The second-order valence-corrected chi connectivity index (χ2v) is 4.71. The molecule has 1 atom stereocenters. The van der Waals surface area contributed by atoms with Crippen molar-refractivity contribution in [2.45, 2.75) is 52.2 Å². The molecule has 1 aromatic heterocycles. The van der Waals surface area contributed by atoms with Gasteiger partial charge in [-0.3, -0.25) is 0 Å². The quantitative estimate of drug-likeness (QED) is 0.749. The van der Waals surface area contributed by atoms with Gasteiger partial charge in [-0.25, -0.2) is 9.67 Å². The number of alkyl halides is 1. The van der Waals surface area contributed by atoms with Crippen molar-refractivity contribution in [2.24, 2.45) is 0 Å². The molecule has 1 N–H and O–H groups in total. The largest absolute Gasteiger partial charge is 0.307 e. The Labute approximate surface area is 102 Å². The number of aromatic nitrogens is 3. The summed E-state index contributed by atoms with van der Waals surface area (Å²) >= 11 is 5.66. The molecule has 0 amide bonds. The lowest BCUT2D eigenvalue weighted by Gasteiger charge is -2.14. The zero-order chi connectivity index (χ0) is 12.0. The van der Waals surface area contributed by atoms with Crippen LogP contribution in [0.5, 0.6) is 0 Å². The van der Waals surface area contributed by atoms with E-state index >= 15 is 0 Å². The Bertz CT molecular complexity index is 298. The third-order valence-electron chi connectivity index (χ3n) is 2.52. The summed E-state index contributed by atoms with van der Waals surface area (Å²) in [6, 6.07) is 0.827. The van der Waals surface area contributed by atoms with E-state index in [0.29, 0.717) is 12.1 Å². The molecule has 16 heavy (non-hydrogen) atoms. The molecule has 0 saturated carbocycles. The van der Waals surface area contributed by atoms with Crippen LogP contribution in [0.3, 0.4) is 0 Å². The van der Waals surface area contributed by atoms with E-state index in [1.165, 1.54) is 0 Å². The van der Waals surface area contributed by atoms with E-state index in [1.54, 1.807) is 6.33 Å². The van der Waals surface area contributed by atoms with Gasteiger partial charge in [0, 0.05) is 18.0 Å². The molecule has 1 heterocycles. The van der Waals surface area contributed by atoms with Crippen molar-refractivity contribution in [3.63, 3.8) is 0 Å². The van der Waals surface area contributed by atoms with Crippen molar-refractivity contribution in [2.75, 3.05) is 5.88 Å². The van der Waals surface area contributed by atoms with Crippen molar-refractivity contribution in [3.8, 4) is 0 Å². The molecule has 1 aromatic rings. The van der Waals surface area contributed by atoms with E-state index in [9.17, 15) is 0 Å². The molecule has 0 bridgehead atoms. The molecule has 92 valence electrons. The molecule has 1 unspecified atom stereocenters. The summed E-state index contributed by atoms with van der Waals surface area (Å²) in [5.41, 5.74) is 0. The number of hydrogen-bond donors (Lipinski definition) is 1. The minimum atomic E-state index is 0.359. The van der Waals surface area contributed by atoms with Gasteiger partial charge in [-0.1, -0.05) is 0 Å². The Morgan fingerprint density at radius 3 is 2.81 bits per heavy atom. The lowest BCUT2D eigenvalue weighted by atomic mass is 10.2. The molecule has 0 aliphatic rings. The Kier molecular flexibility index (Phi) is 5.77. The minimum Gasteiger partial charge on any atom is -0.307 e. The lowest BCUT2D eigenvalue weighted by molar-refractivity contribution is 0.456. The van der Waals surface area contributed by atoms with Crippen LogP contribution in [0.1, 0.15) is 45.5 Å². The van der Waals surface area contributed by atoms with Crippen LogP contribution < -0.4 is 5.32 Å². The summed E-state index contributed by atoms with van der Waals surface area (Å²) in [6.07, 6.45) is 3.76. The molecular weight excluding hydrogens is 224 g/mol. The fraction of sp³-hybridized carbons (Fsp3) is 0.818. The van der Waals surface area contributed by atoms with E-state index in [4.69, 9.17) is 11.6 Å². The summed E-state index contributed by atoms with van der Waals surface area (Å²) in [5.74, 6) is 1.72. The highest BCUT2D eigenvalue weighted by atomic mass is 35.5. The predicted octanol–water partition coefficient (Wildman–Crippen LogP) is 2.36. The first-order valence-electron chi connectivity index (χ1n) is 5.83. The minimum absolute atomic E-state index is 0.359. The number of nitrogens with one attached hydrogen (secondary N) is 1. The highest BCUT2D eigenvalue weighted by Crippen LogP contribution is 2.05. The summed E-state index contributed by atoms with van der Waals surface area (Å²) in [5, 5.41) is 7.63. The molecule has 5 heteroatoms. The predicted molar refractivity (Wildman–Crippen MR) is 66.7 cm³/mol. The second kappa shape index (κ2) is 6.86. The molecule has 0 saturated heterocycles. The van der Waals surface area contributed by atoms with Crippen molar-refractivity contribution in [1.29, 1.82) is 0 Å². The number of rotatable bonds is 7. The Morgan fingerprint density at radius 1 is 1.44 bits per heavy atom. The average molecular weight is 245 g/mol. The van der Waals surface area contributed by atoms with Gasteiger partial charge in [-0.15, -0.1) is 11.6 Å². The van der Waals surface area contributed by atoms with Gasteiger partial charge in [0.1, 0.15) is 12.2 Å². The van der Waals surface area contributed by atoms with E-state index in [2.05, 4.69) is 36.2 Å². The smallest absolute Gasteiger partial charge is 0.141 e. The fourth-order valence-corrected chi connectivity index (χ4v) is 1.74. The van der Waals surface area contributed by atoms with Gasteiger partial charge in [0.05, 0.1) is 6.54 Å². The molecule has 0 aliphatic heterocycles. The van der Waals surface area contributed by atoms with Crippen LogP contribution in [-0.4, -0.2) is 26.7 Å². The van der Waals surface area contributed by atoms with E-state index in [0.717, 1.165) is 31.1 Å². The number of hydrogen-bond acceptors (Lipinski definition) is 3. The summed E-state index contributed by atoms with van der Waals surface area (Å²) in [7, 11) is 0. The van der Waals surface area contributed by atoms with Gasteiger partial charge in [0.15, 0.2) is 0 Å². The summed E-state index contributed by atoms with van der Waals surface area (Å²) < 4.78 is 1.95. The zero-order valence-electron chi connectivity index (χ0n) is 10.3. The third-order valence-corrected chi connectivity index (χ3v) is 2.78. The van der Waals surface area contributed by atoms with Gasteiger partial charge >= 0.3 is 0 Å². The molecule has 0 aliphatic carbocycles. The fourth-order valence-electron chi connectivity index (χ4n) is 1.58. The van der Waals surface area contributed by atoms with Crippen LogP contribution >= 0.6 is 11.6 Å². The van der Waals surface area contributed by atoms with Gasteiger partial charge < -0.3 is 5.32 Å². The number of halogens is 1. The first kappa shape index (κ1) is 13.5. The van der Waals surface area contributed by atoms with Gasteiger partial charge in [0.25, 0.3) is 0 Å². The van der Waals surface area contributed by atoms with Gasteiger partial charge in [-0.05, 0) is 33.6 Å². The topological polar surface area (TPSA) is 42.7 Å². The molecule has 0 fully saturated rings. The maximum atomic E-state index is 5.66. The second-order valence-electron chi connectivity index (χ2n) is 4.33.